The quantitative estimate of drug-likeness (QED) is 0.178. The van der Waals surface area contributed by atoms with Gasteiger partial charge in [0.25, 0.3) is 0 Å². The third kappa shape index (κ3) is 15.1. The van der Waals surface area contributed by atoms with Crippen molar-refractivity contribution in [2.45, 2.75) is 112 Å². The summed E-state index contributed by atoms with van der Waals surface area (Å²) >= 11 is 5.35. The van der Waals surface area contributed by atoms with E-state index < -0.39 is 4.75 Å². The third-order valence-electron chi connectivity index (χ3n) is 4.20. The smallest absolute Gasteiger partial charge is 0.0987 e. The lowest BCUT2D eigenvalue weighted by Crippen LogP contribution is -2.16. The van der Waals surface area contributed by atoms with Crippen molar-refractivity contribution < 1.29 is 0 Å². The zero-order valence-electron chi connectivity index (χ0n) is 17.3. The number of unbranched alkanes of at least 4 members (excludes halogenated alkanes) is 9. The fraction of sp³-hybridized carbons (Fsp3) is 0.905. The van der Waals surface area contributed by atoms with Crippen molar-refractivity contribution in [1.82, 2.24) is 0 Å². The van der Waals surface area contributed by atoms with E-state index in [1.807, 2.05) is 25.6 Å². The van der Waals surface area contributed by atoms with Crippen molar-refractivity contribution in [1.29, 1.82) is 10.5 Å². The summed E-state index contributed by atoms with van der Waals surface area (Å²) in [6.45, 7) is 8.27. The molecule has 0 spiro atoms. The molecule has 0 saturated carbocycles. The molecule has 0 bridgehead atoms. The Kier molecular flexibility index (Phi) is 17.2. The molecule has 0 fully saturated rings. The molecule has 0 saturated heterocycles. The SMILES string of the molecule is CCCCCCCCCCCCSC(SC(C#N)CC)SC(C)(C)C#N. The van der Waals surface area contributed by atoms with Crippen LogP contribution in [0.4, 0.5) is 0 Å². The topological polar surface area (TPSA) is 47.6 Å². The zero-order valence-corrected chi connectivity index (χ0v) is 19.7. The van der Waals surface area contributed by atoms with Gasteiger partial charge in [0.1, 0.15) is 0 Å². The predicted molar refractivity (Wildman–Crippen MR) is 123 cm³/mol. The molecule has 5 heteroatoms. The van der Waals surface area contributed by atoms with Gasteiger partial charge in [-0.3, -0.25) is 0 Å². The number of nitrogens with zero attached hydrogens (tertiary/aromatic N) is 2. The first-order valence-corrected chi connectivity index (χ1v) is 13.1. The molecule has 150 valence electrons. The highest BCUT2D eigenvalue weighted by Crippen LogP contribution is 2.43. The molecule has 0 radical (unpaired) electrons. The molecule has 0 aromatic carbocycles. The lowest BCUT2D eigenvalue weighted by molar-refractivity contribution is 0.563. The minimum Gasteiger partial charge on any atom is -0.197 e. The lowest BCUT2D eigenvalue weighted by atomic mass is 10.1. The Balaban J connectivity index is 3.92. The number of rotatable bonds is 17. The fourth-order valence-electron chi connectivity index (χ4n) is 2.49. The highest BCUT2D eigenvalue weighted by atomic mass is 32.3. The van der Waals surface area contributed by atoms with E-state index in [-0.39, 0.29) is 9.16 Å². The fourth-order valence-corrected chi connectivity index (χ4v) is 7.74. The second-order valence-corrected chi connectivity index (χ2v) is 12.4. The molecular formula is C21H38N2S3. The van der Waals surface area contributed by atoms with E-state index in [2.05, 4.69) is 26.0 Å². The summed E-state index contributed by atoms with van der Waals surface area (Å²) in [5.41, 5.74) is 0. The number of nitriles is 2. The second-order valence-electron chi connectivity index (χ2n) is 7.24. The largest absolute Gasteiger partial charge is 0.197 e. The van der Waals surface area contributed by atoms with Crippen molar-refractivity contribution >= 4 is 35.3 Å². The van der Waals surface area contributed by atoms with Crippen molar-refractivity contribution in [3.8, 4) is 12.1 Å². The molecule has 0 amide bonds. The Bertz CT molecular complexity index is 412. The van der Waals surface area contributed by atoms with E-state index in [4.69, 9.17) is 0 Å². The first-order chi connectivity index (χ1) is 12.5. The highest BCUT2D eigenvalue weighted by Gasteiger charge is 2.26. The number of hydrogen-bond donors (Lipinski definition) is 0. The van der Waals surface area contributed by atoms with Gasteiger partial charge in [0, 0.05) is 0 Å². The van der Waals surface area contributed by atoms with Gasteiger partial charge in [-0.15, -0.1) is 35.3 Å². The minimum atomic E-state index is -0.393. The van der Waals surface area contributed by atoms with E-state index in [0.29, 0.717) is 0 Å². The number of thioether (sulfide) groups is 3. The van der Waals surface area contributed by atoms with Crippen molar-refractivity contribution in [2.24, 2.45) is 0 Å². The molecule has 2 nitrogen and oxygen atoms in total. The highest BCUT2D eigenvalue weighted by molar-refractivity contribution is 8.32. The van der Waals surface area contributed by atoms with Crippen LogP contribution in [-0.4, -0.2) is 19.7 Å². The predicted octanol–water partition coefficient (Wildman–Crippen LogP) is 7.99. The minimum absolute atomic E-state index is 0.0298. The maximum Gasteiger partial charge on any atom is 0.0987 e. The molecule has 0 heterocycles. The lowest BCUT2D eigenvalue weighted by Gasteiger charge is -2.24. The summed E-state index contributed by atoms with van der Waals surface area (Å²) < 4.78 is -0.122. The monoisotopic (exact) mass is 414 g/mol. The molecule has 0 aliphatic rings. The van der Waals surface area contributed by atoms with E-state index in [0.717, 1.165) is 12.2 Å². The molecular weight excluding hydrogens is 376 g/mol. The molecule has 0 aromatic heterocycles. The molecule has 0 aromatic rings. The molecule has 2 atom stereocenters. The molecule has 0 rings (SSSR count). The molecule has 26 heavy (non-hydrogen) atoms. The van der Waals surface area contributed by atoms with Crippen LogP contribution >= 0.6 is 35.3 Å². The van der Waals surface area contributed by atoms with Crippen molar-refractivity contribution in [3.05, 3.63) is 0 Å². The van der Waals surface area contributed by atoms with E-state index in [9.17, 15) is 10.5 Å². The average Bonchev–Trinajstić information content (AvgIpc) is 2.63. The molecule has 0 aliphatic carbocycles. The Hall–Kier alpha value is 0.0300. The second kappa shape index (κ2) is 17.2. The van der Waals surface area contributed by atoms with Gasteiger partial charge in [0.05, 0.1) is 26.0 Å². The van der Waals surface area contributed by atoms with Gasteiger partial charge in [0.2, 0.25) is 0 Å². The van der Waals surface area contributed by atoms with Crippen LogP contribution in [0.15, 0.2) is 0 Å². The van der Waals surface area contributed by atoms with Gasteiger partial charge in [-0.1, -0.05) is 71.6 Å². The van der Waals surface area contributed by atoms with E-state index >= 15 is 0 Å². The van der Waals surface area contributed by atoms with Gasteiger partial charge < -0.3 is 0 Å². The van der Waals surface area contributed by atoms with Crippen molar-refractivity contribution in [2.75, 3.05) is 5.75 Å². The summed E-state index contributed by atoms with van der Waals surface area (Å²) in [7, 11) is 0. The molecule has 0 N–H and O–H groups in total. The summed E-state index contributed by atoms with van der Waals surface area (Å²) in [4.78, 5) is 0. The maximum atomic E-state index is 9.30. The van der Waals surface area contributed by atoms with Gasteiger partial charge in [-0.2, -0.15) is 10.5 Å². The van der Waals surface area contributed by atoms with Crippen LogP contribution in [0.5, 0.6) is 0 Å². The first kappa shape index (κ1) is 26.0. The number of hydrogen-bond acceptors (Lipinski definition) is 5. The van der Waals surface area contributed by atoms with Crippen LogP contribution in [-0.2, 0) is 0 Å². The van der Waals surface area contributed by atoms with Gasteiger partial charge in [-0.25, -0.2) is 0 Å². The van der Waals surface area contributed by atoms with E-state index in [1.54, 1.807) is 23.5 Å². The van der Waals surface area contributed by atoms with Gasteiger partial charge in [0.15, 0.2) is 0 Å². The van der Waals surface area contributed by atoms with Crippen LogP contribution in [0.25, 0.3) is 0 Å². The summed E-state index contributed by atoms with van der Waals surface area (Å²) in [5, 5.41) is 18.6. The summed E-state index contributed by atoms with van der Waals surface area (Å²) in [6, 6.07) is 4.76. The Morgan fingerprint density at radius 3 is 1.85 bits per heavy atom. The summed E-state index contributed by atoms with van der Waals surface area (Å²) in [5.74, 6) is 1.13. The molecule has 2 unspecified atom stereocenters. The Morgan fingerprint density at radius 1 is 0.846 bits per heavy atom. The van der Waals surface area contributed by atoms with E-state index in [1.165, 1.54) is 64.2 Å². The van der Waals surface area contributed by atoms with Crippen LogP contribution in [0.3, 0.4) is 0 Å². The van der Waals surface area contributed by atoms with Crippen molar-refractivity contribution in [3.63, 3.8) is 0 Å². The standard InChI is InChI=1S/C21H38N2S3/c1-5-7-8-9-10-11-12-13-14-15-16-24-20(25-19(6-2)17-22)26-21(3,4)18-23/h19-20H,5-16H2,1-4H3. The first-order valence-electron chi connectivity index (χ1n) is 10.2. The average molecular weight is 415 g/mol. The van der Waals surface area contributed by atoms with Crippen LogP contribution in [0.2, 0.25) is 0 Å². The van der Waals surface area contributed by atoms with Crippen LogP contribution < -0.4 is 0 Å². The van der Waals surface area contributed by atoms with Gasteiger partial charge in [-0.05, 0) is 32.4 Å². The normalized spacial score (nSPS) is 13.8. The summed E-state index contributed by atoms with van der Waals surface area (Å²) in [6.07, 6.45) is 14.5. The Morgan fingerprint density at radius 2 is 1.38 bits per heavy atom. The third-order valence-corrected chi connectivity index (χ3v) is 8.92. The maximum absolute atomic E-state index is 9.30. The molecule has 0 aliphatic heterocycles. The Labute approximate surface area is 175 Å². The van der Waals surface area contributed by atoms with Crippen LogP contribution in [0.1, 0.15) is 98.3 Å². The van der Waals surface area contributed by atoms with Gasteiger partial charge >= 0.3 is 0 Å². The van der Waals surface area contributed by atoms with Crippen LogP contribution in [0, 0.1) is 22.7 Å². The zero-order chi connectivity index (χ0) is 19.7.